The molecule has 1 saturated heterocycles. The minimum atomic E-state index is -0.218. The molecule has 2 N–H and O–H groups in total. The van der Waals surface area contributed by atoms with Crippen LogP contribution in [0.3, 0.4) is 0 Å². The predicted molar refractivity (Wildman–Crippen MR) is 97.6 cm³/mol. The van der Waals surface area contributed by atoms with Crippen molar-refractivity contribution in [3.63, 3.8) is 0 Å². The van der Waals surface area contributed by atoms with E-state index in [1.165, 1.54) is 0 Å². The van der Waals surface area contributed by atoms with E-state index in [4.69, 9.17) is 0 Å². The highest BCUT2D eigenvalue weighted by Crippen LogP contribution is 2.22. The zero-order chi connectivity index (χ0) is 17.9. The van der Waals surface area contributed by atoms with Gasteiger partial charge in [0.1, 0.15) is 0 Å². The molecule has 0 bridgehead atoms. The summed E-state index contributed by atoms with van der Waals surface area (Å²) in [5.74, 6) is -0.351. The molecule has 26 heavy (non-hydrogen) atoms. The number of nitrogens with zero attached hydrogens (tertiary/aromatic N) is 3. The molecule has 1 aliphatic heterocycles. The molecule has 7 nitrogen and oxygen atoms in total. The van der Waals surface area contributed by atoms with Gasteiger partial charge in [-0.3, -0.25) is 19.7 Å². The molecule has 3 heterocycles. The summed E-state index contributed by atoms with van der Waals surface area (Å²) in [4.78, 5) is 31.0. The number of likely N-dealkylation sites (tertiary alicyclic amines) is 1. The predicted octanol–water partition coefficient (Wildman–Crippen LogP) is 2.45. The van der Waals surface area contributed by atoms with E-state index in [2.05, 4.69) is 20.5 Å². The van der Waals surface area contributed by atoms with Crippen LogP contribution in [0.25, 0.3) is 10.9 Å². The SMILES string of the molecule is O=C(Nc1ccc2[nH]ncc2c1)C1CCCN(C(=O)c2cccnc2)C1. The summed E-state index contributed by atoms with van der Waals surface area (Å²) in [6.07, 6.45) is 6.51. The van der Waals surface area contributed by atoms with E-state index in [1.54, 1.807) is 35.6 Å². The molecule has 7 heteroatoms. The van der Waals surface area contributed by atoms with Gasteiger partial charge in [-0.25, -0.2) is 0 Å². The molecule has 0 aliphatic carbocycles. The van der Waals surface area contributed by atoms with Crippen molar-refractivity contribution in [3.05, 3.63) is 54.5 Å². The molecular weight excluding hydrogens is 330 g/mol. The fourth-order valence-electron chi connectivity index (χ4n) is 3.31. The number of hydrogen-bond donors (Lipinski definition) is 2. The van der Waals surface area contributed by atoms with Gasteiger partial charge in [0.25, 0.3) is 5.91 Å². The van der Waals surface area contributed by atoms with E-state index in [0.29, 0.717) is 18.7 Å². The molecular formula is C19H19N5O2. The number of fused-ring (bicyclic) bond motifs is 1. The zero-order valence-corrected chi connectivity index (χ0v) is 14.2. The fraction of sp³-hybridized carbons (Fsp3) is 0.263. The summed E-state index contributed by atoms with van der Waals surface area (Å²) in [6.45, 7) is 1.09. The maximum atomic E-state index is 12.7. The largest absolute Gasteiger partial charge is 0.338 e. The van der Waals surface area contributed by atoms with Crippen LogP contribution in [-0.4, -0.2) is 45.0 Å². The van der Waals surface area contributed by atoms with Crippen LogP contribution in [0.4, 0.5) is 5.69 Å². The van der Waals surface area contributed by atoms with E-state index in [0.717, 1.165) is 29.4 Å². The Kier molecular flexibility index (Phi) is 4.35. The van der Waals surface area contributed by atoms with Crippen LogP contribution in [0, 0.1) is 5.92 Å². The quantitative estimate of drug-likeness (QED) is 0.760. The zero-order valence-electron chi connectivity index (χ0n) is 14.2. The third-order valence-corrected chi connectivity index (χ3v) is 4.70. The van der Waals surface area contributed by atoms with Crippen molar-refractivity contribution in [2.24, 2.45) is 5.92 Å². The molecule has 132 valence electrons. The minimum absolute atomic E-state index is 0.0588. The van der Waals surface area contributed by atoms with Crippen molar-refractivity contribution >= 4 is 28.4 Å². The van der Waals surface area contributed by atoms with Crippen LogP contribution in [-0.2, 0) is 4.79 Å². The van der Waals surface area contributed by atoms with Gasteiger partial charge in [0.15, 0.2) is 0 Å². The minimum Gasteiger partial charge on any atom is -0.338 e. The molecule has 1 unspecified atom stereocenters. The Morgan fingerprint density at radius 3 is 3.00 bits per heavy atom. The van der Waals surface area contributed by atoms with Crippen LogP contribution in [0.15, 0.2) is 48.9 Å². The highest BCUT2D eigenvalue weighted by atomic mass is 16.2. The van der Waals surface area contributed by atoms with Crippen LogP contribution < -0.4 is 5.32 Å². The molecule has 3 aromatic rings. The van der Waals surface area contributed by atoms with E-state index in [9.17, 15) is 9.59 Å². The molecule has 1 fully saturated rings. The summed E-state index contributed by atoms with van der Waals surface area (Å²) >= 11 is 0. The monoisotopic (exact) mass is 349 g/mol. The Labute approximate surface area is 150 Å². The Bertz CT molecular complexity index is 937. The second-order valence-electron chi connectivity index (χ2n) is 6.49. The van der Waals surface area contributed by atoms with Gasteiger partial charge in [-0.1, -0.05) is 0 Å². The van der Waals surface area contributed by atoms with Gasteiger partial charge < -0.3 is 10.2 Å². The Hall–Kier alpha value is -3.22. The summed E-state index contributed by atoms with van der Waals surface area (Å²) in [5, 5.41) is 10.8. The second-order valence-corrected chi connectivity index (χ2v) is 6.49. The number of aromatic nitrogens is 3. The topological polar surface area (TPSA) is 91.0 Å². The Balaban J connectivity index is 1.43. The van der Waals surface area contributed by atoms with Gasteiger partial charge in [-0.05, 0) is 43.2 Å². The van der Waals surface area contributed by atoms with Crippen LogP contribution >= 0.6 is 0 Å². The average molecular weight is 349 g/mol. The molecule has 1 atom stereocenters. The molecule has 0 saturated carbocycles. The fourth-order valence-corrected chi connectivity index (χ4v) is 3.31. The van der Waals surface area contributed by atoms with Crippen LogP contribution in [0.1, 0.15) is 23.2 Å². The average Bonchev–Trinajstić information content (AvgIpc) is 3.16. The number of nitrogens with one attached hydrogen (secondary N) is 2. The number of amides is 2. The van der Waals surface area contributed by atoms with Crippen molar-refractivity contribution in [1.82, 2.24) is 20.1 Å². The van der Waals surface area contributed by atoms with Crippen molar-refractivity contribution in [2.45, 2.75) is 12.8 Å². The lowest BCUT2D eigenvalue weighted by atomic mass is 9.96. The summed E-state index contributed by atoms with van der Waals surface area (Å²) < 4.78 is 0. The highest BCUT2D eigenvalue weighted by Gasteiger charge is 2.29. The van der Waals surface area contributed by atoms with Crippen LogP contribution in [0.5, 0.6) is 0 Å². The first-order chi connectivity index (χ1) is 12.7. The lowest BCUT2D eigenvalue weighted by Gasteiger charge is -2.32. The number of pyridine rings is 1. The molecule has 2 aromatic heterocycles. The third kappa shape index (κ3) is 3.28. The number of anilines is 1. The molecule has 0 spiro atoms. The Morgan fingerprint density at radius 2 is 2.15 bits per heavy atom. The summed E-state index contributed by atoms with van der Waals surface area (Å²) in [7, 11) is 0. The molecule has 1 aliphatic rings. The number of aromatic amines is 1. The van der Waals surface area contributed by atoms with E-state index in [1.807, 2.05) is 18.2 Å². The molecule has 4 rings (SSSR count). The van der Waals surface area contributed by atoms with E-state index in [-0.39, 0.29) is 17.7 Å². The first kappa shape index (κ1) is 16.3. The number of rotatable bonds is 3. The van der Waals surface area contributed by atoms with Gasteiger partial charge in [0, 0.05) is 36.6 Å². The van der Waals surface area contributed by atoms with Gasteiger partial charge >= 0.3 is 0 Å². The van der Waals surface area contributed by atoms with Crippen molar-refractivity contribution in [1.29, 1.82) is 0 Å². The molecule has 0 radical (unpaired) electrons. The lowest BCUT2D eigenvalue weighted by molar-refractivity contribution is -0.121. The van der Waals surface area contributed by atoms with E-state index >= 15 is 0 Å². The van der Waals surface area contributed by atoms with Gasteiger partial charge in [-0.15, -0.1) is 0 Å². The lowest BCUT2D eigenvalue weighted by Crippen LogP contribution is -2.43. The van der Waals surface area contributed by atoms with E-state index < -0.39 is 0 Å². The number of benzene rings is 1. The first-order valence-corrected chi connectivity index (χ1v) is 8.64. The van der Waals surface area contributed by atoms with Gasteiger partial charge in [-0.2, -0.15) is 5.10 Å². The van der Waals surface area contributed by atoms with Crippen molar-refractivity contribution in [3.8, 4) is 0 Å². The normalized spacial score (nSPS) is 17.2. The van der Waals surface area contributed by atoms with Gasteiger partial charge in [0.05, 0.1) is 23.2 Å². The maximum Gasteiger partial charge on any atom is 0.255 e. The number of hydrogen-bond acceptors (Lipinski definition) is 4. The maximum absolute atomic E-state index is 12.7. The molecule has 1 aromatic carbocycles. The highest BCUT2D eigenvalue weighted by molar-refractivity contribution is 5.97. The summed E-state index contributed by atoms with van der Waals surface area (Å²) in [6, 6.07) is 9.11. The van der Waals surface area contributed by atoms with Crippen molar-refractivity contribution < 1.29 is 9.59 Å². The number of carbonyl (C=O) groups is 2. The standard InChI is InChI=1S/C19H19N5O2/c25-18(22-16-5-6-17-15(9-16)11-21-23-17)14-4-2-8-24(12-14)19(26)13-3-1-7-20-10-13/h1,3,5-7,9-11,14H,2,4,8,12H2,(H,21,23)(H,22,25). The molecule has 2 amide bonds. The Morgan fingerprint density at radius 1 is 1.23 bits per heavy atom. The van der Waals surface area contributed by atoms with Crippen LogP contribution in [0.2, 0.25) is 0 Å². The first-order valence-electron chi connectivity index (χ1n) is 8.64. The summed E-state index contributed by atoms with van der Waals surface area (Å²) in [5.41, 5.74) is 2.22. The number of piperidine rings is 1. The smallest absolute Gasteiger partial charge is 0.255 e. The van der Waals surface area contributed by atoms with Gasteiger partial charge in [0.2, 0.25) is 5.91 Å². The van der Waals surface area contributed by atoms with Crippen molar-refractivity contribution in [2.75, 3.05) is 18.4 Å². The third-order valence-electron chi connectivity index (χ3n) is 4.70. The number of H-pyrrole nitrogens is 1. The number of carbonyl (C=O) groups excluding carboxylic acids is 2. The second kappa shape index (κ2) is 6.95.